The molecule has 2 amide bonds. The molecule has 2 aliphatic heterocycles. The molecule has 2 aliphatic rings. The van der Waals surface area contributed by atoms with Crippen molar-refractivity contribution in [2.24, 2.45) is 5.73 Å². The molecule has 36 heavy (non-hydrogen) atoms. The molecule has 1 saturated heterocycles. The highest BCUT2D eigenvalue weighted by Gasteiger charge is 2.36. The maximum Gasteiger partial charge on any atom is 0.338 e. The van der Waals surface area contributed by atoms with E-state index in [1.807, 2.05) is 47.4 Å². The van der Waals surface area contributed by atoms with Crippen LogP contribution in [-0.4, -0.2) is 45.4 Å². The molecule has 3 aromatic rings. The van der Waals surface area contributed by atoms with Crippen LogP contribution in [0.3, 0.4) is 0 Å². The van der Waals surface area contributed by atoms with Crippen LogP contribution >= 0.6 is 15.9 Å². The molecule has 184 valence electrons. The van der Waals surface area contributed by atoms with Gasteiger partial charge in [-0.25, -0.2) is 4.79 Å². The fourth-order valence-electron chi connectivity index (χ4n) is 5.24. The summed E-state index contributed by atoms with van der Waals surface area (Å²) in [6, 6.07) is 14.6. The molecule has 3 heterocycles. The minimum absolute atomic E-state index is 0.0753. The zero-order valence-corrected chi connectivity index (χ0v) is 21.2. The van der Waals surface area contributed by atoms with Crippen LogP contribution < -0.4 is 11.1 Å². The number of nitrogens with zero attached hydrogens (tertiary/aromatic N) is 2. The van der Waals surface area contributed by atoms with Gasteiger partial charge >= 0.3 is 5.97 Å². The lowest BCUT2D eigenvalue weighted by Gasteiger charge is -2.29. The third-order valence-electron chi connectivity index (χ3n) is 6.80. The SMILES string of the molecule is Cc1c(C(=O)O)c(-c2ccccc2)c(C=C2C(=O)Nc3ccc(Br)cc32)n1C(C(N)=O)N1CCCC1. The number of nitrogens with one attached hydrogen (secondary N) is 1. The molecule has 4 N–H and O–H groups in total. The van der Waals surface area contributed by atoms with E-state index in [0.29, 0.717) is 52.4 Å². The van der Waals surface area contributed by atoms with Crippen molar-refractivity contribution in [2.75, 3.05) is 18.4 Å². The van der Waals surface area contributed by atoms with Gasteiger partial charge < -0.3 is 20.7 Å². The molecule has 0 aliphatic carbocycles. The van der Waals surface area contributed by atoms with Crippen molar-refractivity contribution in [2.45, 2.75) is 25.9 Å². The molecule has 0 bridgehead atoms. The fourth-order valence-corrected chi connectivity index (χ4v) is 5.60. The highest BCUT2D eigenvalue weighted by atomic mass is 79.9. The molecule has 2 aromatic carbocycles. The topological polar surface area (TPSA) is 118 Å². The average molecular weight is 549 g/mol. The molecular formula is C27H25BrN4O4. The summed E-state index contributed by atoms with van der Waals surface area (Å²) in [5, 5.41) is 13.2. The Bertz CT molecular complexity index is 1420. The third kappa shape index (κ3) is 4.04. The molecule has 0 radical (unpaired) electrons. The Labute approximate surface area is 216 Å². The van der Waals surface area contributed by atoms with E-state index in [1.54, 1.807) is 23.6 Å². The number of halogens is 1. The number of carboxylic acid groups (broad SMARTS) is 1. The van der Waals surface area contributed by atoms with Crippen LogP contribution in [0.1, 0.15) is 46.3 Å². The van der Waals surface area contributed by atoms with Crippen molar-refractivity contribution in [3.05, 3.63) is 75.5 Å². The number of primary amides is 1. The van der Waals surface area contributed by atoms with Crippen molar-refractivity contribution in [1.82, 2.24) is 9.47 Å². The molecule has 8 nitrogen and oxygen atoms in total. The first-order valence-electron chi connectivity index (χ1n) is 11.7. The molecule has 9 heteroatoms. The number of amides is 2. The van der Waals surface area contributed by atoms with Crippen LogP contribution in [0.5, 0.6) is 0 Å². The van der Waals surface area contributed by atoms with Crippen molar-refractivity contribution in [1.29, 1.82) is 0 Å². The van der Waals surface area contributed by atoms with Gasteiger partial charge in [-0.05, 0) is 49.6 Å². The Balaban J connectivity index is 1.86. The second-order valence-corrected chi connectivity index (χ2v) is 9.90. The first kappa shape index (κ1) is 24.0. The molecule has 1 fully saturated rings. The predicted octanol–water partition coefficient (Wildman–Crippen LogP) is 4.50. The van der Waals surface area contributed by atoms with Crippen LogP contribution in [0.25, 0.3) is 22.8 Å². The minimum atomic E-state index is -1.12. The first-order valence-corrected chi connectivity index (χ1v) is 12.5. The van der Waals surface area contributed by atoms with Gasteiger partial charge in [0.2, 0.25) is 0 Å². The zero-order chi connectivity index (χ0) is 25.6. The Morgan fingerprint density at radius 3 is 2.47 bits per heavy atom. The number of nitrogens with two attached hydrogens (primary N) is 1. The first-order chi connectivity index (χ1) is 17.3. The zero-order valence-electron chi connectivity index (χ0n) is 19.6. The number of aromatic carboxylic acids is 1. The highest BCUT2D eigenvalue weighted by Crippen LogP contribution is 2.41. The number of benzene rings is 2. The van der Waals surface area contributed by atoms with Crippen molar-refractivity contribution >= 4 is 51.1 Å². The van der Waals surface area contributed by atoms with Crippen LogP contribution in [0.2, 0.25) is 0 Å². The summed E-state index contributed by atoms with van der Waals surface area (Å²) < 4.78 is 2.49. The summed E-state index contributed by atoms with van der Waals surface area (Å²) in [7, 11) is 0. The summed E-state index contributed by atoms with van der Waals surface area (Å²) in [4.78, 5) is 40.5. The number of likely N-dealkylation sites (tertiary alicyclic amines) is 1. The van der Waals surface area contributed by atoms with E-state index >= 15 is 0 Å². The number of rotatable bonds is 6. The number of carbonyl (C=O) groups excluding carboxylic acids is 2. The molecule has 1 aromatic heterocycles. The van der Waals surface area contributed by atoms with Gasteiger partial charge in [0.15, 0.2) is 6.17 Å². The standard InChI is InChI=1S/C27H25BrN4O4/c1-15-22(27(35)36)23(16-7-3-2-4-8-16)21(32(15)26(24(29)33)31-11-5-6-12-31)14-19-18-13-17(28)9-10-20(18)30-25(19)34/h2-4,7-10,13-14,26H,5-6,11-12H2,1H3,(H2,29,33)(H,30,34)(H,35,36). The van der Waals surface area contributed by atoms with E-state index in [0.717, 1.165) is 17.3 Å². The summed E-state index contributed by atoms with van der Waals surface area (Å²) in [6.45, 7) is 3.02. The quantitative estimate of drug-likeness (QED) is 0.392. The molecule has 1 unspecified atom stereocenters. The predicted molar refractivity (Wildman–Crippen MR) is 141 cm³/mol. The van der Waals surface area contributed by atoms with E-state index < -0.39 is 18.0 Å². The maximum absolute atomic E-state index is 13.1. The number of hydrogen-bond donors (Lipinski definition) is 3. The van der Waals surface area contributed by atoms with E-state index in [1.165, 1.54) is 0 Å². The Kier molecular flexibility index (Phi) is 6.27. The van der Waals surface area contributed by atoms with Gasteiger partial charge in [-0.2, -0.15) is 0 Å². The summed E-state index contributed by atoms with van der Waals surface area (Å²) in [5.74, 6) is -2.00. The fraction of sp³-hybridized carbons (Fsp3) is 0.222. The Hall–Kier alpha value is -3.69. The van der Waals surface area contributed by atoms with Crippen LogP contribution in [0.4, 0.5) is 5.69 Å². The monoisotopic (exact) mass is 548 g/mol. The van der Waals surface area contributed by atoms with Gasteiger partial charge in [-0.3, -0.25) is 14.5 Å². The third-order valence-corrected chi connectivity index (χ3v) is 7.29. The largest absolute Gasteiger partial charge is 0.478 e. The molecule has 0 spiro atoms. The summed E-state index contributed by atoms with van der Waals surface area (Å²) in [6.07, 6.45) is 2.63. The normalized spacial score (nSPS) is 17.3. The minimum Gasteiger partial charge on any atom is -0.478 e. The van der Waals surface area contributed by atoms with Gasteiger partial charge in [-0.15, -0.1) is 0 Å². The lowest BCUT2D eigenvalue weighted by molar-refractivity contribution is -0.126. The molecule has 1 atom stereocenters. The molecule has 5 rings (SSSR count). The second-order valence-electron chi connectivity index (χ2n) is 8.98. The van der Waals surface area contributed by atoms with E-state index in [-0.39, 0.29) is 11.5 Å². The number of hydrogen-bond acceptors (Lipinski definition) is 4. The second kappa shape index (κ2) is 9.40. The summed E-state index contributed by atoms with van der Waals surface area (Å²) >= 11 is 3.47. The van der Waals surface area contributed by atoms with Gasteiger partial charge in [0.25, 0.3) is 11.8 Å². The molecular weight excluding hydrogens is 524 g/mol. The van der Waals surface area contributed by atoms with Gasteiger partial charge in [-0.1, -0.05) is 46.3 Å². The number of anilines is 1. The van der Waals surface area contributed by atoms with E-state index in [9.17, 15) is 19.5 Å². The number of aromatic nitrogens is 1. The van der Waals surface area contributed by atoms with Gasteiger partial charge in [0, 0.05) is 40.1 Å². The Morgan fingerprint density at radius 1 is 1.14 bits per heavy atom. The van der Waals surface area contributed by atoms with Gasteiger partial charge in [0.1, 0.15) is 0 Å². The van der Waals surface area contributed by atoms with Crippen molar-refractivity contribution in [3.8, 4) is 11.1 Å². The maximum atomic E-state index is 13.1. The summed E-state index contributed by atoms with van der Waals surface area (Å²) in [5.41, 5.74) is 9.70. The van der Waals surface area contributed by atoms with Crippen LogP contribution in [0, 0.1) is 6.92 Å². The molecule has 0 saturated carbocycles. The van der Waals surface area contributed by atoms with Gasteiger partial charge in [0.05, 0.1) is 16.8 Å². The average Bonchev–Trinajstić information content (AvgIpc) is 3.54. The lowest BCUT2D eigenvalue weighted by atomic mass is 9.98. The van der Waals surface area contributed by atoms with E-state index in [4.69, 9.17) is 5.73 Å². The van der Waals surface area contributed by atoms with Crippen molar-refractivity contribution < 1.29 is 19.5 Å². The van der Waals surface area contributed by atoms with Crippen LogP contribution in [-0.2, 0) is 9.59 Å². The highest BCUT2D eigenvalue weighted by molar-refractivity contribution is 9.10. The smallest absolute Gasteiger partial charge is 0.338 e. The number of carboxylic acids is 1. The van der Waals surface area contributed by atoms with Crippen molar-refractivity contribution in [3.63, 3.8) is 0 Å². The number of fused-ring (bicyclic) bond motifs is 1. The Morgan fingerprint density at radius 2 is 1.83 bits per heavy atom. The van der Waals surface area contributed by atoms with E-state index in [2.05, 4.69) is 21.2 Å². The van der Waals surface area contributed by atoms with Crippen LogP contribution in [0.15, 0.2) is 53.0 Å². The number of carbonyl (C=O) groups is 3. The lowest BCUT2D eigenvalue weighted by Crippen LogP contribution is -2.40.